The first-order valence-corrected chi connectivity index (χ1v) is 6.50. The van der Waals surface area contributed by atoms with E-state index in [0.29, 0.717) is 4.77 Å². The number of benzene rings is 1. The van der Waals surface area contributed by atoms with Crippen LogP contribution in [0.1, 0.15) is 24.2 Å². The Hall–Kier alpha value is -1.46. The topological polar surface area (TPSA) is 53.7 Å². The van der Waals surface area contributed by atoms with E-state index in [1.165, 1.54) is 5.56 Å². The molecule has 1 aromatic heterocycles. The maximum atomic E-state index is 5.50. The van der Waals surface area contributed by atoms with Gasteiger partial charge in [-0.15, -0.1) is 0 Å². The Morgan fingerprint density at radius 2 is 1.83 bits per heavy atom. The molecule has 0 spiro atoms. The summed E-state index contributed by atoms with van der Waals surface area (Å²) in [6.07, 6.45) is 1.85. The number of H-pyrrole nitrogens is 2. The highest BCUT2D eigenvalue weighted by atomic mass is 32.1. The van der Waals surface area contributed by atoms with Crippen molar-refractivity contribution in [2.45, 2.75) is 18.3 Å². The number of nitrogens with zero attached hydrogens (tertiary/aromatic N) is 1. The van der Waals surface area contributed by atoms with E-state index in [1.54, 1.807) is 0 Å². The Labute approximate surface area is 110 Å². The molecule has 1 aromatic carbocycles. The predicted molar refractivity (Wildman–Crippen MR) is 71.0 cm³/mol. The highest BCUT2D eigenvalue weighted by Crippen LogP contribution is 2.39. The van der Waals surface area contributed by atoms with E-state index in [4.69, 9.17) is 17.0 Å². The molecule has 2 aromatic rings. The van der Waals surface area contributed by atoms with Crippen molar-refractivity contribution >= 4 is 12.2 Å². The van der Waals surface area contributed by atoms with Gasteiger partial charge in [-0.05, 0) is 30.6 Å². The predicted octanol–water partition coefficient (Wildman–Crippen LogP) is 2.56. The zero-order chi connectivity index (χ0) is 12.4. The van der Waals surface area contributed by atoms with Crippen LogP contribution in [0, 0.1) is 4.77 Å². The van der Waals surface area contributed by atoms with Crippen molar-refractivity contribution < 1.29 is 4.74 Å². The Kier molecular flexibility index (Phi) is 3.01. The van der Waals surface area contributed by atoms with Gasteiger partial charge in [-0.1, -0.05) is 30.3 Å². The van der Waals surface area contributed by atoms with Gasteiger partial charge in [0.05, 0.1) is 5.41 Å². The van der Waals surface area contributed by atoms with E-state index >= 15 is 0 Å². The SMILES string of the molecule is S=c1nc(C2(c3ccccc3)CCOCC2)[nH][nH]1. The van der Waals surface area contributed by atoms with Crippen molar-refractivity contribution in [1.82, 2.24) is 15.2 Å². The van der Waals surface area contributed by atoms with Crippen LogP contribution in [0.4, 0.5) is 0 Å². The normalized spacial score (nSPS) is 18.7. The fourth-order valence-electron chi connectivity index (χ4n) is 2.64. The second-order valence-corrected chi connectivity index (χ2v) is 4.96. The summed E-state index contributed by atoms with van der Waals surface area (Å²) in [6.45, 7) is 1.50. The Balaban J connectivity index is 2.12. The molecular formula is C13H15N3OS. The van der Waals surface area contributed by atoms with Crippen LogP contribution in [0.3, 0.4) is 0 Å². The highest BCUT2D eigenvalue weighted by Gasteiger charge is 2.38. The summed E-state index contributed by atoms with van der Waals surface area (Å²) in [5.74, 6) is 0.919. The first-order chi connectivity index (χ1) is 8.81. The van der Waals surface area contributed by atoms with Gasteiger partial charge in [0.25, 0.3) is 0 Å². The average Bonchev–Trinajstić information content (AvgIpc) is 2.88. The lowest BCUT2D eigenvalue weighted by Gasteiger charge is -2.35. The highest BCUT2D eigenvalue weighted by molar-refractivity contribution is 7.71. The number of rotatable bonds is 2. The molecule has 1 aliphatic rings. The molecule has 1 fully saturated rings. The summed E-state index contributed by atoms with van der Waals surface area (Å²) in [6, 6.07) is 10.5. The molecule has 0 saturated carbocycles. The number of aromatic nitrogens is 3. The third-order valence-corrected chi connectivity index (χ3v) is 3.82. The minimum Gasteiger partial charge on any atom is -0.381 e. The molecule has 0 amide bonds. The number of hydrogen-bond donors (Lipinski definition) is 2. The molecule has 2 heterocycles. The molecule has 94 valence electrons. The minimum atomic E-state index is -0.104. The summed E-state index contributed by atoms with van der Waals surface area (Å²) in [7, 11) is 0. The van der Waals surface area contributed by atoms with Crippen LogP contribution >= 0.6 is 12.2 Å². The van der Waals surface area contributed by atoms with Gasteiger partial charge in [-0.25, -0.2) is 4.98 Å². The number of hydrogen-bond acceptors (Lipinski definition) is 3. The second-order valence-electron chi connectivity index (χ2n) is 4.58. The average molecular weight is 261 g/mol. The van der Waals surface area contributed by atoms with Gasteiger partial charge in [0, 0.05) is 13.2 Å². The van der Waals surface area contributed by atoms with Gasteiger partial charge in [0.15, 0.2) is 0 Å². The first kappa shape index (κ1) is 11.6. The minimum absolute atomic E-state index is 0.104. The van der Waals surface area contributed by atoms with Gasteiger partial charge in [0.2, 0.25) is 4.77 Å². The molecule has 4 nitrogen and oxygen atoms in total. The lowest BCUT2D eigenvalue weighted by molar-refractivity contribution is 0.0605. The standard InChI is InChI=1S/C13H15N3OS/c18-12-14-11(15-16-12)13(6-8-17-9-7-13)10-4-2-1-3-5-10/h1-5H,6-9H2,(H2,14,15,16,18). The van der Waals surface area contributed by atoms with Crippen LogP contribution < -0.4 is 0 Å². The molecular weight excluding hydrogens is 246 g/mol. The van der Waals surface area contributed by atoms with Crippen molar-refractivity contribution in [1.29, 1.82) is 0 Å². The molecule has 18 heavy (non-hydrogen) atoms. The van der Waals surface area contributed by atoms with E-state index < -0.39 is 0 Å². The van der Waals surface area contributed by atoms with E-state index in [-0.39, 0.29) is 5.41 Å². The van der Waals surface area contributed by atoms with Crippen LogP contribution in [-0.4, -0.2) is 28.4 Å². The molecule has 5 heteroatoms. The summed E-state index contributed by atoms with van der Waals surface area (Å²) in [4.78, 5) is 4.43. The van der Waals surface area contributed by atoms with Crippen LogP contribution in [0.5, 0.6) is 0 Å². The zero-order valence-electron chi connectivity index (χ0n) is 9.98. The van der Waals surface area contributed by atoms with Crippen LogP contribution in [0.2, 0.25) is 0 Å². The van der Waals surface area contributed by atoms with E-state index in [1.807, 2.05) is 6.07 Å². The maximum Gasteiger partial charge on any atom is 0.213 e. The largest absolute Gasteiger partial charge is 0.381 e. The molecule has 1 aliphatic heterocycles. The lowest BCUT2D eigenvalue weighted by Crippen LogP contribution is -2.36. The fraction of sp³-hybridized carbons (Fsp3) is 0.385. The zero-order valence-corrected chi connectivity index (χ0v) is 10.8. The fourth-order valence-corrected chi connectivity index (χ4v) is 2.78. The van der Waals surface area contributed by atoms with E-state index in [2.05, 4.69) is 39.4 Å². The van der Waals surface area contributed by atoms with Crippen molar-refractivity contribution in [3.63, 3.8) is 0 Å². The van der Waals surface area contributed by atoms with Gasteiger partial charge < -0.3 is 4.74 Å². The molecule has 0 bridgehead atoms. The third-order valence-electron chi connectivity index (χ3n) is 3.63. The van der Waals surface area contributed by atoms with Crippen LogP contribution in [-0.2, 0) is 10.2 Å². The molecule has 3 rings (SSSR count). The molecule has 0 atom stereocenters. The Morgan fingerprint density at radius 3 is 2.44 bits per heavy atom. The maximum absolute atomic E-state index is 5.50. The summed E-state index contributed by atoms with van der Waals surface area (Å²) >= 11 is 5.07. The summed E-state index contributed by atoms with van der Waals surface area (Å²) < 4.78 is 6.00. The summed E-state index contributed by atoms with van der Waals surface area (Å²) in [5, 5.41) is 6.02. The Morgan fingerprint density at radius 1 is 1.11 bits per heavy atom. The third kappa shape index (κ3) is 1.89. The van der Waals surface area contributed by atoms with Crippen molar-refractivity contribution in [2.75, 3.05) is 13.2 Å². The van der Waals surface area contributed by atoms with Gasteiger partial charge >= 0.3 is 0 Å². The van der Waals surface area contributed by atoms with Crippen LogP contribution in [0.25, 0.3) is 0 Å². The van der Waals surface area contributed by atoms with Crippen LogP contribution in [0.15, 0.2) is 30.3 Å². The molecule has 0 aliphatic carbocycles. The van der Waals surface area contributed by atoms with Crippen molar-refractivity contribution in [3.8, 4) is 0 Å². The number of aromatic amines is 2. The van der Waals surface area contributed by atoms with Gasteiger partial charge in [-0.3, -0.25) is 10.2 Å². The molecule has 1 saturated heterocycles. The number of nitrogens with one attached hydrogen (secondary N) is 2. The van der Waals surface area contributed by atoms with Gasteiger partial charge in [-0.2, -0.15) is 0 Å². The van der Waals surface area contributed by atoms with Gasteiger partial charge in [0.1, 0.15) is 5.82 Å². The van der Waals surface area contributed by atoms with Crippen molar-refractivity contribution in [2.24, 2.45) is 0 Å². The number of ether oxygens (including phenoxy) is 1. The Bertz CT molecular complexity index is 569. The molecule has 0 unspecified atom stereocenters. The molecule has 2 N–H and O–H groups in total. The monoisotopic (exact) mass is 261 g/mol. The quantitative estimate of drug-likeness (QED) is 0.817. The molecule has 0 radical (unpaired) electrons. The second kappa shape index (κ2) is 4.66. The lowest BCUT2D eigenvalue weighted by atomic mass is 9.73. The summed E-state index contributed by atoms with van der Waals surface area (Å²) in [5.41, 5.74) is 1.17. The first-order valence-electron chi connectivity index (χ1n) is 6.10. The van der Waals surface area contributed by atoms with E-state index in [9.17, 15) is 0 Å². The van der Waals surface area contributed by atoms with E-state index in [0.717, 1.165) is 31.9 Å². The van der Waals surface area contributed by atoms with Crippen molar-refractivity contribution in [3.05, 3.63) is 46.5 Å². The smallest absolute Gasteiger partial charge is 0.213 e.